The van der Waals surface area contributed by atoms with Gasteiger partial charge in [-0.3, -0.25) is 91.6 Å². The zero-order valence-corrected chi connectivity index (χ0v) is 61.5. The molecule has 0 aliphatic rings. The second-order valence-corrected chi connectivity index (χ2v) is 36.5. The van der Waals surface area contributed by atoms with E-state index >= 15 is 0 Å². The topological polar surface area (TPSA) is 778 Å². The summed E-state index contributed by atoms with van der Waals surface area (Å²) < 4.78 is 12.9. The standard InChI is InChI=1S/C14H23N3O10.C12H34N2O2Si3.C10H16N2O8.C9H6O6.C6H8O7.C6H8O6.2CH4/c18-10(19)5-15(1-3-16(6-11(20)21)7-12(22)23)2-4-17(8-13(24)25)9-14(26)27;1-17(2,11-7-9-13)15-19(5,6)16-18(3,4)12-8-10-14;13-7(14)3-11(4-8(15)16)1-2-12(5-9(17)18)6-10(19)20;10-7(11)4-1-5(8(12)13)3-6(2-4)9(14)15;7-3(8)1-6(13,5(11)12)2-4(9)10;7-4(8)1-3(6(11)12)2-5(9)10;;/h1-9H2,(H,18,19)(H,20,21)(H,22,23)(H,24,25)(H,26,27);7-14H2,1-6H3;1-6H2,(H,13,14)(H,15,16)(H,17,18)(H,19,20);1-3H,(H,10,11)(H,12,13)(H,14,15);13H,1-2H2,(H,7,8)(H,9,10)(H,11,12);3H,1-2H2,(H,7,8)(H,9,10)(H,11,12);2*1H4. The molecule has 0 atom stereocenters. The van der Waals surface area contributed by atoms with Gasteiger partial charge in [-0.25, -0.2) is 19.2 Å². The Bertz CT molecular complexity index is 2860. The van der Waals surface area contributed by atoms with Crippen molar-refractivity contribution in [2.45, 2.75) is 110 Å². The normalized spacial score (nSPS) is 10.9. The van der Waals surface area contributed by atoms with Gasteiger partial charge in [0.15, 0.2) is 22.2 Å². The summed E-state index contributed by atoms with van der Waals surface area (Å²) in [6.07, 6.45) is -1.51. The Labute approximate surface area is 620 Å². The lowest BCUT2D eigenvalue weighted by Gasteiger charge is -2.38. The fraction of sp³-hybridized carbons (Fsp3) is 0.593. The van der Waals surface area contributed by atoms with Crippen LogP contribution in [-0.2, 0) is 80.1 Å². The molecule has 49 heteroatoms. The minimum atomic E-state index is -2.74. The molecule has 1 aromatic rings. The molecule has 0 bridgehead atoms. The molecule has 0 spiro atoms. The first-order chi connectivity index (χ1) is 48.3. The van der Waals surface area contributed by atoms with E-state index in [1.165, 1.54) is 4.90 Å². The summed E-state index contributed by atoms with van der Waals surface area (Å²) in [5.74, 6) is -25.6. The Morgan fingerprint density at radius 1 is 0.352 bits per heavy atom. The predicted molar refractivity (Wildman–Crippen MR) is 376 cm³/mol. The number of carboxylic acid groups (broad SMARTS) is 18. The highest BCUT2D eigenvalue weighted by atomic mass is 28.5. The van der Waals surface area contributed by atoms with Gasteiger partial charge in [0.25, 0.3) is 0 Å². The number of carboxylic acids is 18. The molecule has 108 heavy (non-hydrogen) atoms. The highest BCUT2D eigenvalue weighted by Crippen LogP contribution is 2.26. The number of aliphatic carboxylic acids is 15. The van der Waals surface area contributed by atoms with Gasteiger partial charge in [-0.15, -0.1) is 0 Å². The van der Waals surface area contributed by atoms with Crippen molar-refractivity contribution >= 4 is 133 Å². The largest absolute Gasteiger partial charge is 0.481 e. The van der Waals surface area contributed by atoms with Gasteiger partial charge >= 0.3 is 116 Å². The number of nitrogens with zero attached hydrogens (tertiary/aromatic N) is 5. The van der Waals surface area contributed by atoms with Crippen molar-refractivity contribution in [2.75, 3.05) is 111 Å². The third-order valence-electron chi connectivity index (χ3n) is 12.6. The van der Waals surface area contributed by atoms with Crippen LogP contribution in [0.25, 0.3) is 0 Å². The van der Waals surface area contributed by atoms with Gasteiger partial charge < -0.3 is 117 Å². The van der Waals surface area contributed by atoms with Crippen LogP contribution in [0.4, 0.5) is 0 Å². The van der Waals surface area contributed by atoms with Gasteiger partial charge in [0, 0.05) is 39.3 Å². The Balaban J connectivity index is -0.000000231. The van der Waals surface area contributed by atoms with Gasteiger partial charge in [-0.1, -0.05) is 14.9 Å². The minimum Gasteiger partial charge on any atom is -0.481 e. The van der Waals surface area contributed by atoms with E-state index in [1.807, 2.05) is 0 Å². The molecule has 0 aliphatic heterocycles. The molecule has 0 aliphatic carbocycles. The van der Waals surface area contributed by atoms with E-state index in [4.69, 9.17) is 117 Å². The molecule has 0 saturated heterocycles. The van der Waals surface area contributed by atoms with Crippen molar-refractivity contribution in [3.63, 3.8) is 0 Å². The maximum atomic E-state index is 11.0. The van der Waals surface area contributed by atoms with Crippen LogP contribution in [-0.4, -0.2) is 371 Å². The molecule has 1 rings (SSSR count). The SMILES string of the molecule is C.C.C[Si](C)(CCCN)O[Si](C)(C)O[Si](C)(C)CCCN.O=C(O)CC(CC(=O)O)C(=O)O.O=C(O)CC(O)(CC(=O)O)C(=O)O.O=C(O)CN(CCN(CC(=O)O)CC(=O)O)CC(=O)O.O=C(O)CN(CCN(CC(=O)O)CC(=O)O)CCN(CC(=O)O)CC(=O)O.O=C(O)c1cc(C(=O)O)cc(C(=O)O)c1. The van der Waals surface area contributed by atoms with E-state index in [9.17, 15) is 86.3 Å². The number of aromatic carboxylic acids is 3. The molecule has 0 heterocycles. The smallest absolute Gasteiger partial charge is 0.336 e. The number of carbonyl (C=O) groups is 18. The fourth-order valence-corrected chi connectivity index (χ4v) is 22.7. The van der Waals surface area contributed by atoms with E-state index in [0.29, 0.717) is 0 Å². The van der Waals surface area contributed by atoms with Crippen molar-refractivity contribution in [1.29, 1.82) is 0 Å². The third-order valence-corrected chi connectivity index (χ3v) is 24.1. The molecule has 46 nitrogen and oxygen atoms in total. The molecule has 0 saturated carbocycles. The van der Waals surface area contributed by atoms with Crippen LogP contribution >= 0.6 is 0 Å². The first-order valence-corrected chi connectivity index (χ1v) is 39.7. The van der Waals surface area contributed by atoms with Gasteiger partial charge in [-0.05, 0) is 95.5 Å². The number of rotatable bonds is 50. The van der Waals surface area contributed by atoms with Crippen LogP contribution in [0.2, 0.25) is 51.4 Å². The molecule has 620 valence electrons. The molecule has 0 radical (unpaired) electrons. The van der Waals surface area contributed by atoms with Crippen molar-refractivity contribution in [3.05, 3.63) is 34.9 Å². The van der Waals surface area contributed by atoms with Gasteiger partial charge in [-0.2, -0.15) is 0 Å². The van der Waals surface area contributed by atoms with Crippen LogP contribution in [0.1, 0.15) is 84.5 Å². The summed E-state index contributed by atoms with van der Waals surface area (Å²) in [4.78, 5) is 194. The number of benzene rings is 1. The molecule has 0 unspecified atom stereocenters. The maximum absolute atomic E-state index is 11.0. The summed E-state index contributed by atoms with van der Waals surface area (Å²) in [5.41, 5.74) is 7.35. The Hall–Kier alpha value is -10.1. The average Bonchev–Trinajstić information content (AvgIpc) is 0.849. The summed E-state index contributed by atoms with van der Waals surface area (Å²) in [6.45, 7) is 9.97. The number of hydrogen-bond donors (Lipinski definition) is 21. The van der Waals surface area contributed by atoms with E-state index in [-0.39, 0.29) is 70.8 Å². The van der Waals surface area contributed by atoms with Crippen molar-refractivity contribution in [1.82, 2.24) is 24.5 Å². The fourth-order valence-electron chi connectivity index (χ4n) is 8.59. The lowest BCUT2D eigenvalue weighted by molar-refractivity contribution is -0.170. The molecule has 1 aromatic carbocycles. The van der Waals surface area contributed by atoms with Gasteiger partial charge in [0.05, 0.1) is 107 Å². The van der Waals surface area contributed by atoms with Gasteiger partial charge in [0.1, 0.15) is 0 Å². The Morgan fingerprint density at radius 2 is 0.556 bits per heavy atom. The van der Waals surface area contributed by atoms with E-state index in [2.05, 4.69) is 39.3 Å². The zero-order chi connectivity index (χ0) is 83.8. The molecular formula is C59H103N7O39Si3. The Morgan fingerprint density at radius 3 is 0.713 bits per heavy atom. The summed E-state index contributed by atoms with van der Waals surface area (Å²) in [7, 11) is -5.31. The lowest BCUT2D eigenvalue weighted by Crippen LogP contribution is -2.52. The monoisotopic (exact) mass is 1620 g/mol. The molecule has 23 N–H and O–H groups in total. The Kier molecular flexibility index (Phi) is 58.9. The van der Waals surface area contributed by atoms with Crippen LogP contribution < -0.4 is 11.5 Å². The number of nitrogens with two attached hydrogens (primary N) is 2. The molecule has 0 amide bonds. The minimum absolute atomic E-state index is 0. The van der Waals surface area contributed by atoms with Crippen molar-refractivity contribution < 1.29 is 192 Å². The number of aliphatic hydroxyl groups is 1. The van der Waals surface area contributed by atoms with Crippen LogP contribution in [0, 0.1) is 5.92 Å². The second kappa shape index (κ2) is 57.2. The van der Waals surface area contributed by atoms with Crippen LogP contribution in [0.5, 0.6) is 0 Å². The zero-order valence-electron chi connectivity index (χ0n) is 58.5. The van der Waals surface area contributed by atoms with Crippen LogP contribution in [0.3, 0.4) is 0 Å². The predicted octanol–water partition coefficient (Wildman–Crippen LogP) is -1.49. The average molecular weight is 1620 g/mol. The van der Waals surface area contributed by atoms with E-state index in [1.54, 1.807) is 0 Å². The number of hydrogen-bond acceptors (Lipinski definition) is 28. The summed E-state index contributed by atoms with van der Waals surface area (Å²) >= 11 is 0. The van der Waals surface area contributed by atoms with Crippen molar-refractivity contribution in [3.8, 4) is 0 Å². The third kappa shape index (κ3) is 65.4. The highest BCUT2D eigenvalue weighted by molar-refractivity contribution is 6.87. The first kappa shape index (κ1) is 111. The van der Waals surface area contributed by atoms with Crippen molar-refractivity contribution in [2.24, 2.45) is 17.4 Å². The van der Waals surface area contributed by atoms with Crippen LogP contribution in [0.15, 0.2) is 18.2 Å². The van der Waals surface area contributed by atoms with E-state index < -0.39 is 229 Å². The highest BCUT2D eigenvalue weighted by Gasteiger charge is 2.41. The quantitative estimate of drug-likeness (QED) is 0.0331. The molecule has 0 aromatic heterocycles. The van der Waals surface area contributed by atoms with E-state index in [0.717, 1.165) is 75.8 Å². The molecular weight excluding hydrogens is 1510 g/mol. The first-order valence-electron chi connectivity index (χ1n) is 30.6. The lowest BCUT2D eigenvalue weighted by atomic mass is 9.96. The molecule has 0 fully saturated rings. The second-order valence-electron chi connectivity index (χ2n) is 24.0. The summed E-state index contributed by atoms with van der Waals surface area (Å²) in [5, 5.41) is 163. The summed E-state index contributed by atoms with van der Waals surface area (Å²) in [6, 6.07) is 4.94. The maximum Gasteiger partial charge on any atom is 0.336 e. The van der Waals surface area contributed by atoms with Gasteiger partial charge in [0.2, 0.25) is 0 Å².